The fraction of sp³-hybridized carbons (Fsp3) is 0.478. The molecule has 1 aromatic carbocycles. The summed E-state index contributed by atoms with van der Waals surface area (Å²) in [6.45, 7) is 2.61. The summed E-state index contributed by atoms with van der Waals surface area (Å²) in [4.78, 5) is 33.0. The Morgan fingerprint density at radius 3 is 2.64 bits per heavy atom. The van der Waals surface area contributed by atoms with Crippen LogP contribution >= 0.6 is 11.3 Å². The second kappa shape index (κ2) is 11.6. The van der Waals surface area contributed by atoms with Gasteiger partial charge in [-0.2, -0.15) is 4.31 Å². The molecule has 0 aliphatic carbocycles. The lowest BCUT2D eigenvalue weighted by atomic mass is 10.2. The Hall–Kier alpha value is -2.58. The number of amides is 3. The molecular weight excluding hydrogens is 511 g/mol. The van der Waals surface area contributed by atoms with Crippen LogP contribution in [0.15, 0.2) is 40.6 Å². The largest absolute Gasteiger partial charge is 0.350 e. The number of nitrogens with zero attached hydrogens (tertiary/aromatic N) is 2. The SMILES string of the molecule is CCNC(=O)N1CCN(S(=O)(=O)c2ccc(-c3ccc(F)cc3)s2)C(C(=O)NOC2CCCCO2)C1. The molecule has 196 valence electrons. The lowest BCUT2D eigenvalue weighted by Crippen LogP contribution is -2.62. The third-order valence-corrected chi connectivity index (χ3v) is 9.46. The van der Waals surface area contributed by atoms with E-state index in [-0.39, 0.29) is 35.7 Å². The quantitative estimate of drug-likeness (QED) is 0.522. The number of sulfonamides is 1. The smallest absolute Gasteiger partial charge is 0.317 e. The third-order valence-electron chi connectivity index (χ3n) is 5.95. The van der Waals surface area contributed by atoms with Gasteiger partial charge < -0.3 is 15.0 Å². The van der Waals surface area contributed by atoms with Gasteiger partial charge in [0.05, 0.1) is 0 Å². The normalized spacial score (nSPS) is 21.2. The van der Waals surface area contributed by atoms with E-state index in [1.807, 2.05) is 0 Å². The van der Waals surface area contributed by atoms with Crippen molar-refractivity contribution in [3.63, 3.8) is 0 Å². The molecule has 3 amide bonds. The zero-order chi connectivity index (χ0) is 25.7. The lowest BCUT2D eigenvalue weighted by Gasteiger charge is -2.39. The molecule has 2 atom stereocenters. The monoisotopic (exact) mass is 540 g/mol. The van der Waals surface area contributed by atoms with Gasteiger partial charge in [0.2, 0.25) is 0 Å². The Morgan fingerprint density at radius 1 is 1.17 bits per heavy atom. The van der Waals surface area contributed by atoms with Gasteiger partial charge in [-0.3, -0.25) is 4.79 Å². The van der Waals surface area contributed by atoms with Crippen molar-refractivity contribution in [2.24, 2.45) is 0 Å². The summed E-state index contributed by atoms with van der Waals surface area (Å²) in [5.74, 6) is -1.07. The number of piperazine rings is 1. The van der Waals surface area contributed by atoms with Gasteiger partial charge in [-0.05, 0) is 49.6 Å². The Balaban J connectivity index is 1.55. The number of nitrogens with one attached hydrogen (secondary N) is 2. The van der Waals surface area contributed by atoms with E-state index >= 15 is 0 Å². The first kappa shape index (κ1) is 26.5. The maximum atomic E-state index is 13.6. The molecule has 0 radical (unpaired) electrons. The van der Waals surface area contributed by atoms with Crippen molar-refractivity contribution in [3.05, 3.63) is 42.2 Å². The standard InChI is InChI=1S/C23H29FN4O6S2/c1-2-25-23(30)27-12-13-28(18(15-27)22(29)26-34-20-5-3-4-14-33-20)36(31,32)21-11-10-19(35-21)16-6-8-17(24)9-7-16/h6-11,18,20H,2-5,12-15H2,1H3,(H,25,30)(H,26,29). The van der Waals surface area contributed by atoms with E-state index < -0.39 is 28.3 Å². The molecule has 2 saturated heterocycles. The van der Waals surface area contributed by atoms with E-state index in [1.54, 1.807) is 25.1 Å². The number of urea groups is 1. The van der Waals surface area contributed by atoms with Gasteiger partial charge in [-0.25, -0.2) is 27.9 Å². The van der Waals surface area contributed by atoms with Gasteiger partial charge in [-0.1, -0.05) is 12.1 Å². The molecule has 0 spiro atoms. The molecule has 10 nitrogen and oxygen atoms in total. The van der Waals surface area contributed by atoms with Gasteiger partial charge in [0.15, 0.2) is 6.29 Å². The molecule has 13 heteroatoms. The number of carbonyl (C=O) groups is 2. The summed E-state index contributed by atoms with van der Waals surface area (Å²) in [7, 11) is -4.08. The molecule has 2 fully saturated rings. The number of hydrogen-bond donors (Lipinski definition) is 2. The average Bonchev–Trinajstić information content (AvgIpc) is 3.39. The number of carbonyl (C=O) groups excluding carboxylic acids is 2. The third kappa shape index (κ3) is 6.03. The summed E-state index contributed by atoms with van der Waals surface area (Å²) >= 11 is 1.03. The maximum absolute atomic E-state index is 13.6. The predicted molar refractivity (Wildman–Crippen MR) is 131 cm³/mol. The topological polar surface area (TPSA) is 117 Å². The van der Waals surface area contributed by atoms with Gasteiger partial charge in [-0.15, -0.1) is 11.3 Å². The van der Waals surface area contributed by atoms with Gasteiger partial charge in [0.25, 0.3) is 15.9 Å². The number of hydroxylamine groups is 1. The number of rotatable bonds is 7. The van der Waals surface area contributed by atoms with Crippen LogP contribution in [-0.4, -0.2) is 74.7 Å². The molecule has 36 heavy (non-hydrogen) atoms. The molecule has 2 aromatic rings. The number of benzene rings is 1. The molecule has 3 heterocycles. The van der Waals surface area contributed by atoms with E-state index in [1.165, 1.54) is 23.1 Å². The maximum Gasteiger partial charge on any atom is 0.317 e. The van der Waals surface area contributed by atoms with Crippen molar-refractivity contribution in [2.45, 2.75) is 42.7 Å². The van der Waals surface area contributed by atoms with Crippen molar-refractivity contribution >= 4 is 33.3 Å². The first-order chi connectivity index (χ1) is 17.3. The highest BCUT2D eigenvalue weighted by atomic mass is 32.2. The highest BCUT2D eigenvalue weighted by Crippen LogP contribution is 2.33. The molecule has 0 bridgehead atoms. The first-order valence-corrected chi connectivity index (χ1v) is 14.0. The van der Waals surface area contributed by atoms with Crippen molar-refractivity contribution in [1.82, 2.24) is 20.0 Å². The molecule has 4 rings (SSSR count). The van der Waals surface area contributed by atoms with Gasteiger partial charge in [0.1, 0.15) is 16.1 Å². The fourth-order valence-corrected chi connectivity index (χ4v) is 7.07. The van der Waals surface area contributed by atoms with Crippen LogP contribution in [0.4, 0.5) is 9.18 Å². The van der Waals surface area contributed by atoms with Crippen LogP contribution in [0, 0.1) is 5.82 Å². The number of hydrogen-bond acceptors (Lipinski definition) is 7. The second-order valence-corrected chi connectivity index (χ2v) is 11.6. The summed E-state index contributed by atoms with van der Waals surface area (Å²) in [6.07, 6.45) is 1.81. The first-order valence-electron chi connectivity index (χ1n) is 11.8. The highest BCUT2D eigenvalue weighted by Gasteiger charge is 2.42. The molecule has 0 saturated carbocycles. The highest BCUT2D eigenvalue weighted by molar-refractivity contribution is 7.91. The number of ether oxygens (including phenoxy) is 1. The van der Waals surface area contributed by atoms with Crippen LogP contribution in [0.25, 0.3) is 10.4 Å². The van der Waals surface area contributed by atoms with E-state index in [9.17, 15) is 22.4 Å². The Labute approximate surface area is 213 Å². The van der Waals surface area contributed by atoms with E-state index in [2.05, 4.69) is 10.8 Å². The van der Waals surface area contributed by atoms with E-state index in [0.717, 1.165) is 28.5 Å². The number of halogens is 1. The molecule has 2 aliphatic rings. The zero-order valence-electron chi connectivity index (χ0n) is 19.8. The second-order valence-electron chi connectivity index (χ2n) is 8.42. The minimum atomic E-state index is -4.08. The van der Waals surface area contributed by atoms with Gasteiger partial charge >= 0.3 is 6.03 Å². The Bertz CT molecular complexity index is 1170. The molecular formula is C23H29FN4O6S2. The molecule has 1 aromatic heterocycles. The summed E-state index contributed by atoms with van der Waals surface area (Å²) in [6, 6.07) is 7.29. The predicted octanol–water partition coefficient (Wildman–Crippen LogP) is 2.53. The average molecular weight is 541 g/mol. The van der Waals surface area contributed by atoms with Crippen LogP contribution in [0.3, 0.4) is 0 Å². The zero-order valence-corrected chi connectivity index (χ0v) is 21.4. The lowest BCUT2D eigenvalue weighted by molar-refractivity contribution is -0.202. The van der Waals surface area contributed by atoms with Crippen LogP contribution in [0.1, 0.15) is 26.2 Å². The van der Waals surface area contributed by atoms with E-state index in [0.29, 0.717) is 30.0 Å². The molecule has 2 unspecified atom stereocenters. The van der Waals surface area contributed by atoms with Crippen LogP contribution in [0.2, 0.25) is 0 Å². The van der Waals surface area contributed by atoms with Crippen LogP contribution < -0.4 is 10.8 Å². The Kier molecular flexibility index (Phi) is 8.57. The van der Waals surface area contributed by atoms with Crippen molar-refractivity contribution < 1.29 is 32.0 Å². The summed E-state index contributed by atoms with van der Waals surface area (Å²) in [5, 5.41) is 2.68. The summed E-state index contributed by atoms with van der Waals surface area (Å²) in [5.41, 5.74) is 3.02. The van der Waals surface area contributed by atoms with Crippen molar-refractivity contribution in [2.75, 3.05) is 32.8 Å². The van der Waals surface area contributed by atoms with Crippen LogP contribution in [0.5, 0.6) is 0 Å². The summed E-state index contributed by atoms with van der Waals surface area (Å²) < 4.78 is 47.1. The Morgan fingerprint density at radius 2 is 1.94 bits per heavy atom. The van der Waals surface area contributed by atoms with Gasteiger partial charge in [0, 0.05) is 44.1 Å². The number of thiophene rings is 1. The minimum absolute atomic E-state index is 0.0441. The van der Waals surface area contributed by atoms with Crippen molar-refractivity contribution in [1.29, 1.82) is 0 Å². The van der Waals surface area contributed by atoms with E-state index in [4.69, 9.17) is 9.57 Å². The molecule has 2 N–H and O–H groups in total. The van der Waals surface area contributed by atoms with Crippen molar-refractivity contribution in [3.8, 4) is 10.4 Å². The minimum Gasteiger partial charge on any atom is -0.350 e. The van der Waals surface area contributed by atoms with Crippen LogP contribution in [-0.2, 0) is 24.4 Å². The molecule has 2 aliphatic heterocycles. The fourth-order valence-electron chi connectivity index (χ4n) is 4.05.